The molecule has 4 rings (SSSR count). The molecule has 0 aromatic heterocycles. The Morgan fingerprint density at radius 1 is 0.818 bits per heavy atom. The van der Waals surface area contributed by atoms with Gasteiger partial charge in [-0.1, -0.05) is 55.5 Å². The summed E-state index contributed by atoms with van der Waals surface area (Å²) in [5.41, 5.74) is 0. The monoisotopic (exact) mass is 620 g/mol. The third-order valence-corrected chi connectivity index (χ3v) is 8.46. The Balaban J connectivity index is 1.52. The number of allylic oxidation sites excluding steroid dienone is 6. The number of fused-ring (bicyclic) bond motifs is 3. The highest BCUT2D eigenvalue weighted by Gasteiger charge is 2.47. The molecule has 0 aliphatic carbocycles. The lowest BCUT2D eigenvalue weighted by atomic mass is 9.84. The second-order valence-corrected chi connectivity index (χ2v) is 12.4. The fourth-order valence-electron chi connectivity index (χ4n) is 5.73. The van der Waals surface area contributed by atoms with Crippen LogP contribution in [0, 0.1) is 5.92 Å². The van der Waals surface area contributed by atoms with Gasteiger partial charge in [0.15, 0.2) is 12.1 Å². The fraction of sp³-hybridized carbons (Fsp3) is 0.667. The van der Waals surface area contributed by atoms with Crippen molar-refractivity contribution in [1.29, 1.82) is 0 Å². The van der Waals surface area contributed by atoms with Crippen molar-refractivity contribution in [3.05, 3.63) is 60.8 Å². The van der Waals surface area contributed by atoms with E-state index in [4.69, 9.17) is 23.7 Å². The molecule has 246 valence electrons. The third-order valence-electron chi connectivity index (χ3n) is 8.46. The smallest absolute Gasteiger partial charge is 0.330 e. The highest BCUT2D eigenvalue weighted by molar-refractivity contribution is 5.82. The molecule has 0 amide bonds. The molecular weight excluding hydrogens is 572 g/mol. The van der Waals surface area contributed by atoms with Crippen LogP contribution in [-0.4, -0.2) is 105 Å². The van der Waals surface area contributed by atoms with Crippen molar-refractivity contribution in [2.24, 2.45) is 5.92 Å². The van der Waals surface area contributed by atoms with Crippen LogP contribution in [0.1, 0.15) is 59.3 Å². The van der Waals surface area contributed by atoms with Crippen molar-refractivity contribution in [2.75, 3.05) is 0 Å². The number of carbonyl (C=O) groups excluding carboxylic acids is 1. The lowest BCUT2D eigenvalue weighted by Crippen LogP contribution is -2.53. The number of hydrogen-bond donors (Lipinski definition) is 5. The van der Waals surface area contributed by atoms with Gasteiger partial charge < -0.3 is 49.2 Å². The number of aliphatic hydroxyl groups excluding tert-OH is 4. The Morgan fingerprint density at radius 3 is 2.32 bits per heavy atom. The molecule has 44 heavy (non-hydrogen) atoms. The van der Waals surface area contributed by atoms with E-state index < -0.39 is 60.8 Å². The van der Waals surface area contributed by atoms with E-state index in [2.05, 4.69) is 0 Å². The second kappa shape index (κ2) is 15.9. The minimum Gasteiger partial charge on any atom is -0.459 e. The minimum atomic E-state index is -1.80. The van der Waals surface area contributed by atoms with E-state index in [9.17, 15) is 30.3 Å². The van der Waals surface area contributed by atoms with Gasteiger partial charge in [-0.3, -0.25) is 0 Å². The first kappa shape index (κ1) is 34.7. The number of cyclic esters (lactones) is 1. The lowest BCUT2D eigenvalue weighted by molar-refractivity contribution is -0.307. The molecule has 11 heteroatoms. The predicted molar refractivity (Wildman–Crippen MR) is 160 cm³/mol. The SMILES string of the molecule is CC1C/C=C/C=C/C=C/C=C/C(OC2O[C@H](C)C(O)C[C@@H]2O)CC2OC(O)(CC(O)CC3OC3/C=C/C(=O)O1)CC(O)C2C. The van der Waals surface area contributed by atoms with Crippen molar-refractivity contribution < 1.29 is 54.0 Å². The molecule has 11 unspecified atom stereocenters. The summed E-state index contributed by atoms with van der Waals surface area (Å²) in [5.74, 6) is -2.63. The largest absolute Gasteiger partial charge is 0.459 e. The molecule has 3 fully saturated rings. The minimum absolute atomic E-state index is 0.0780. The average Bonchev–Trinajstić information content (AvgIpc) is 3.68. The topological polar surface area (TPSA) is 168 Å². The van der Waals surface area contributed by atoms with Crippen LogP contribution in [0.5, 0.6) is 0 Å². The number of ether oxygens (including phenoxy) is 5. The van der Waals surface area contributed by atoms with E-state index >= 15 is 0 Å². The van der Waals surface area contributed by atoms with E-state index in [1.807, 2.05) is 37.3 Å². The Labute approximate surface area is 259 Å². The highest BCUT2D eigenvalue weighted by Crippen LogP contribution is 2.38. The molecule has 4 heterocycles. The molecule has 3 saturated heterocycles. The van der Waals surface area contributed by atoms with Crippen LogP contribution in [0.4, 0.5) is 0 Å². The molecule has 13 atom stereocenters. The first-order valence-corrected chi connectivity index (χ1v) is 15.6. The molecule has 11 nitrogen and oxygen atoms in total. The van der Waals surface area contributed by atoms with Crippen molar-refractivity contribution >= 4 is 5.97 Å². The Hall–Kier alpha value is -2.19. The zero-order valence-electron chi connectivity index (χ0n) is 25.6. The van der Waals surface area contributed by atoms with E-state index in [0.29, 0.717) is 6.42 Å². The molecule has 4 aliphatic rings. The molecule has 5 N–H and O–H groups in total. The van der Waals surface area contributed by atoms with Gasteiger partial charge in [0, 0.05) is 50.5 Å². The van der Waals surface area contributed by atoms with Crippen LogP contribution in [0.3, 0.4) is 0 Å². The summed E-state index contributed by atoms with van der Waals surface area (Å²) >= 11 is 0. The Morgan fingerprint density at radius 2 is 1.55 bits per heavy atom. The maximum atomic E-state index is 12.1. The van der Waals surface area contributed by atoms with Gasteiger partial charge in [0.1, 0.15) is 18.3 Å². The van der Waals surface area contributed by atoms with Crippen LogP contribution < -0.4 is 0 Å². The third kappa shape index (κ3) is 10.4. The summed E-state index contributed by atoms with van der Waals surface area (Å²) in [5, 5.41) is 53.7. The maximum absolute atomic E-state index is 12.1. The van der Waals surface area contributed by atoms with Gasteiger partial charge in [-0.25, -0.2) is 4.79 Å². The van der Waals surface area contributed by atoms with E-state index in [-0.39, 0.29) is 56.3 Å². The molecule has 2 bridgehead atoms. The first-order valence-electron chi connectivity index (χ1n) is 15.6. The summed E-state index contributed by atoms with van der Waals surface area (Å²) in [4.78, 5) is 12.1. The lowest BCUT2D eigenvalue weighted by Gasteiger charge is -2.45. The molecule has 0 radical (unpaired) electrons. The van der Waals surface area contributed by atoms with Crippen molar-refractivity contribution in [1.82, 2.24) is 0 Å². The van der Waals surface area contributed by atoms with Gasteiger partial charge >= 0.3 is 5.97 Å². The van der Waals surface area contributed by atoms with Crippen molar-refractivity contribution in [3.8, 4) is 0 Å². The molecule has 0 spiro atoms. The highest BCUT2D eigenvalue weighted by atomic mass is 16.7. The van der Waals surface area contributed by atoms with Gasteiger partial charge in [-0.2, -0.15) is 0 Å². The number of esters is 1. The average molecular weight is 621 g/mol. The normalized spacial score (nSPS) is 48.0. The first-order chi connectivity index (χ1) is 20.9. The van der Waals surface area contributed by atoms with Gasteiger partial charge in [0.05, 0.1) is 42.7 Å². The van der Waals surface area contributed by atoms with Gasteiger partial charge in [-0.15, -0.1) is 0 Å². The molecule has 0 aromatic rings. The number of hydrogen-bond acceptors (Lipinski definition) is 11. The summed E-state index contributed by atoms with van der Waals surface area (Å²) in [6.45, 7) is 5.34. The number of epoxide rings is 1. The number of aliphatic hydroxyl groups is 5. The summed E-state index contributed by atoms with van der Waals surface area (Å²) in [6.07, 6.45) is 10.9. The fourth-order valence-corrected chi connectivity index (χ4v) is 5.73. The van der Waals surface area contributed by atoms with E-state index in [1.54, 1.807) is 38.2 Å². The molecule has 4 aliphatic heterocycles. The standard InChI is InChI=1S/C33H48O11/c1-20-11-9-7-5-4-6-8-10-12-24(42-32-26(36)17-25(35)22(3)41-32)16-29-21(2)27(37)19-33(39,44-29)18-23(34)15-30-28(43-30)13-14-31(38)40-20/h4-10,12-14,20-30,32,34-37,39H,11,15-19H2,1-3H3/b5-4+,8-6+,9-7+,12-10+,14-13+/t20?,21?,22-,23?,24?,25?,26+,27?,28?,29?,30?,32?,33?/m1/s1. The Bertz CT molecular complexity index is 1090. The van der Waals surface area contributed by atoms with Gasteiger partial charge in [0.2, 0.25) is 0 Å². The molecule has 0 saturated carbocycles. The van der Waals surface area contributed by atoms with Crippen molar-refractivity contribution in [3.63, 3.8) is 0 Å². The van der Waals surface area contributed by atoms with Gasteiger partial charge in [-0.05, 0) is 19.9 Å². The van der Waals surface area contributed by atoms with Gasteiger partial charge in [0.25, 0.3) is 0 Å². The second-order valence-electron chi connectivity index (χ2n) is 12.4. The van der Waals surface area contributed by atoms with E-state index in [0.717, 1.165) is 0 Å². The van der Waals surface area contributed by atoms with Crippen LogP contribution >= 0.6 is 0 Å². The summed E-state index contributed by atoms with van der Waals surface area (Å²) in [6, 6.07) is 0. The van der Waals surface area contributed by atoms with Crippen LogP contribution in [-0.2, 0) is 28.5 Å². The van der Waals surface area contributed by atoms with E-state index in [1.165, 1.54) is 6.08 Å². The molecular formula is C33H48O11. The zero-order valence-corrected chi connectivity index (χ0v) is 25.6. The zero-order chi connectivity index (χ0) is 31.9. The molecule has 0 aromatic carbocycles. The summed E-state index contributed by atoms with van der Waals surface area (Å²) < 4.78 is 29.0. The van der Waals surface area contributed by atoms with Crippen LogP contribution in [0.15, 0.2) is 60.8 Å². The summed E-state index contributed by atoms with van der Waals surface area (Å²) in [7, 11) is 0. The van der Waals surface area contributed by atoms with Crippen LogP contribution in [0.2, 0.25) is 0 Å². The quantitative estimate of drug-likeness (QED) is 0.227. The van der Waals surface area contributed by atoms with Crippen molar-refractivity contribution in [2.45, 2.75) is 132 Å². The predicted octanol–water partition coefficient (Wildman–Crippen LogP) is 2.12. The van der Waals surface area contributed by atoms with Crippen LogP contribution in [0.25, 0.3) is 0 Å². The Kier molecular flexibility index (Phi) is 12.5. The number of carbonyl (C=O) groups is 1. The number of rotatable bonds is 2. The maximum Gasteiger partial charge on any atom is 0.330 e.